The topological polar surface area (TPSA) is 82.2 Å². The van der Waals surface area contributed by atoms with E-state index in [1.165, 1.54) is 0 Å². The highest BCUT2D eigenvalue weighted by molar-refractivity contribution is 5.98. The first-order chi connectivity index (χ1) is 10.9. The molecule has 3 rings (SSSR count). The molecule has 1 heterocycles. The van der Waals surface area contributed by atoms with E-state index in [4.69, 9.17) is 0 Å². The van der Waals surface area contributed by atoms with Crippen molar-refractivity contribution < 1.29 is 14.7 Å². The maximum Gasteiger partial charge on any atom is 0.308 e. The highest BCUT2D eigenvalue weighted by Gasteiger charge is 2.42. The number of hydrogen-bond acceptors (Lipinski definition) is 2. The zero-order valence-corrected chi connectivity index (χ0v) is 13.5. The zero-order chi connectivity index (χ0) is 16.6. The Morgan fingerprint density at radius 1 is 1.30 bits per heavy atom. The number of carbonyl (C=O) groups is 2. The van der Waals surface area contributed by atoms with Crippen molar-refractivity contribution in [2.24, 2.45) is 5.92 Å². The van der Waals surface area contributed by atoms with E-state index in [-0.39, 0.29) is 5.91 Å². The number of carboxylic acid groups (broad SMARTS) is 1. The predicted octanol–water partition coefficient (Wildman–Crippen LogP) is 3.24. The summed E-state index contributed by atoms with van der Waals surface area (Å²) >= 11 is 0. The Morgan fingerprint density at radius 2 is 2.09 bits per heavy atom. The Bertz CT molecular complexity index is 765. The molecule has 5 heteroatoms. The summed E-state index contributed by atoms with van der Waals surface area (Å²) < 4.78 is 0. The number of H-pyrrole nitrogens is 1. The van der Waals surface area contributed by atoms with Crippen LogP contribution in [0.3, 0.4) is 0 Å². The maximum atomic E-state index is 12.6. The lowest BCUT2D eigenvalue weighted by Gasteiger charge is -2.39. The second-order valence-corrected chi connectivity index (χ2v) is 6.78. The highest BCUT2D eigenvalue weighted by atomic mass is 16.4. The number of rotatable bonds is 3. The first kappa shape index (κ1) is 15.6. The number of hydrogen-bond donors (Lipinski definition) is 3. The van der Waals surface area contributed by atoms with E-state index >= 15 is 0 Å². The van der Waals surface area contributed by atoms with Gasteiger partial charge in [-0.25, -0.2) is 0 Å². The van der Waals surface area contributed by atoms with Crippen LogP contribution in [0.1, 0.15) is 48.7 Å². The molecule has 1 fully saturated rings. The van der Waals surface area contributed by atoms with Crippen molar-refractivity contribution in [3.63, 3.8) is 0 Å². The molecular formula is C18H22N2O3. The van der Waals surface area contributed by atoms with Crippen LogP contribution in [0, 0.1) is 12.8 Å². The van der Waals surface area contributed by atoms with Crippen LogP contribution in [0.25, 0.3) is 10.9 Å². The van der Waals surface area contributed by atoms with Crippen LogP contribution in [-0.4, -0.2) is 27.5 Å². The van der Waals surface area contributed by atoms with Crippen LogP contribution >= 0.6 is 0 Å². The normalized spacial score (nSPS) is 24.5. The van der Waals surface area contributed by atoms with E-state index in [1.807, 2.05) is 38.1 Å². The van der Waals surface area contributed by atoms with Gasteiger partial charge in [0.25, 0.3) is 5.91 Å². The quantitative estimate of drug-likeness (QED) is 0.813. The van der Waals surface area contributed by atoms with E-state index in [1.54, 1.807) is 0 Å². The smallest absolute Gasteiger partial charge is 0.308 e. The molecule has 5 nitrogen and oxygen atoms in total. The molecule has 1 amide bonds. The lowest BCUT2D eigenvalue weighted by Crippen LogP contribution is -2.55. The van der Waals surface area contributed by atoms with Gasteiger partial charge in [-0.05, 0) is 44.4 Å². The molecule has 1 aromatic carbocycles. The van der Waals surface area contributed by atoms with Crippen molar-refractivity contribution in [2.75, 3.05) is 0 Å². The second-order valence-electron chi connectivity index (χ2n) is 6.78. The number of carboxylic acids is 1. The molecule has 3 N–H and O–H groups in total. The Balaban J connectivity index is 1.85. The molecule has 122 valence electrons. The summed E-state index contributed by atoms with van der Waals surface area (Å²) in [6.45, 7) is 3.84. The monoisotopic (exact) mass is 314 g/mol. The average molecular weight is 314 g/mol. The van der Waals surface area contributed by atoms with E-state index in [2.05, 4.69) is 10.3 Å². The van der Waals surface area contributed by atoms with Gasteiger partial charge in [0.1, 0.15) is 5.69 Å². The van der Waals surface area contributed by atoms with E-state index in [0.29, 0.717) is 18.5 Å². The van der Waals surface area contributed by atoms with Crippen molar-refractivity contribution in [2.45, 2.75) is 45.1 Å². The number of aliphatic carboxylic acids is 1. The number of nitrogens with one attached hydrogen (secondary N) is 2. The van der Waals surface area contributed by atoms with Gasteiger partial charge in [0, 0.05) is 10.9 Å². The number of amides is 1. The van der Waals surface area contributed by atoms with Gasteiger partial charge in [-0.1, -0.05) is 25.0 Å². The first-order valence-electron chi connectivity index (χ1n) is 8.04. The minimum absolute atomic E-state index is 0.241. The molecule has 0 radical (unpaired) electrons. The van der Waals surface area contributed by atoms with Gasteiger partial charge < -0.3 is 15.4 Å². The van der Waals surface area contributed by atoms with Gasteiger partial charge in [0.2, 0.25) is 0 Å². The largest absolute Gasteiger partial charge is 0.481 e. The van der Waals surface area contributed by atoms with Gasteiger partial charge in [-0.15, -0.1) is 0 Å². The summed E-state index contributed by atoms with van der Waals surface area (Å²) in [5.41, 5.74) is 1.81. The maximum absolute atomic E-state index is 12.6. The molecule has 1 aromatic heterocycles. The van der Waals surface area contributed by atoms with Crippen molar-refractivity contribution in [3.8, 4) is 0 Å². The Kier molecular flexibility index (Phi) is 3.88. The summed E-state index contributed by atoms with van der Waals surface area (Å²) in [6, 6.07) is 7.78. The molecule has 23 heavy (non-hydrogen) atoms. The van der Waals surface area contributed by atoms with Crippen LogP contribution in [-0.2, 0) is 4.79 Å². The Labute approximate surface area is 135 Å². The average Bonchev–Trinajstić information content (AvgIpc) is 2.90. The van der Waals surface area contributed by atoms with Crippen molar-refractivity contribution in [1.82, 2.24) is 10.3 Å². The standard InChI is InChI=1S/C18H22N2O3/c1-11-6-7-12-10-15(19-14(12)9-11)16(21)20-18(2)8-4-3-5-13(18)17(22)23/h6-7,9-10,13,19H,3-5,8H2,1-2H3,(H,20,21)(H,22,23). The number of benzene rings is 1. The summed E-state index contributed by atoms with van der Waals surface area (Å²) in [5, 5.41) is 13.4. The molecule has 2 aromatic rings. The molecule has 0 bridgehead atoms. The van der Waals surface area contributed by atoms with Crippen LogP contribution in [0.5, 0.6) is 0 Å². The second kappa shape index (κ2) is 5.72. The van der Waals surface area contributed by atoms with Gasteiger partial charge >= 0.3 is 5.97 Å². The fourth-order valence-electron chi connectivity index (χ4n) is 3.57. The number of aromatic amines is 1. The third kappa shape index (κ3) is 2.96. The summed E-state index contributed by atoms with van der Waals surface area (Å²) in [6.07, 6.45) is 3.13. The summed E-state index contributed by atoms with van der Waals surface area (Å²) in [5.74, 6) is -1.61. The number of aromatic nitrogens is 1. The van der Waals surface area contributed by atoms with Gasteiger partial charge in [-0.3, -0.25) is 9.59 Å². The van der Waals surface area contributed by atoms with Crippen LogP contribution in [0.15, 0.2) is 24.3 Å². The molecule has 1 saturated carbocycles. The molecule has 0 spiro atoms. The number of fused-ring (bicyclic) bond motifs is 1. The molecular weight excluding hydrogens is 292 g/mol. The molecule has 2 unspecified atom stereocenters. The van der Waals surface area contributed by atoms with Gasteiger partial charge in [0.15, 0.2) is 0 Å². The third-order valence-corrected chi connectivity index (χ3v) is 4.93. The predicted molar refractivity (Wildman–Crippen MR) is 88.5 cm³/mol. The van der Waals surface area contributed by atoms with Crippen molar-refractivity contribution >= 4 is 22.8 Å². The zero-order valence-electron chi connectivity index (χ0n) is 13.5. The lowest BCUT2D eigenvalue weighted by molar-refractivity contribution is -0.145. The Hall–Kier alpha value is -2.30. The van der Waals surface area contributed by atoms with Crippen LogP contribution in [0.2, 0.25) is 0 Å². The van der Waals surface area contributed by atoms with Crippen LogP contribution in [0.4, 0.5) is 0 Å². The van der Waals surface area contributed by atoms with Gasteiger partial charge in [-0.2, -0.15) is 0 Å². The SMILES string of the molecule is Cc1ccc2cc(C(=O)NC3(C)CCCCC3C(=O)O)[nH]c2c1. The fourth-order valence-corrected chi connectivity index (χ4v) is 3.57. The van der Waals surface area contributed by atoms with Crippen molar-refractivity contribution in [3.05, 3.63) is 35.5 Å². The lowest BCUT2D eigenvalue weighted by atomic mass is 9.74. The highest BCUT2D eigenvalue weighted by Crippen LogP contribution is 2.34. The molecule has 0 aliphatic heterocycles. The molecule has 2 atom stereocenters. The number of aryl methyl sites for hydroxylation is 1. The Morgan fingerprint density at radius 3 is 2.83 bits per heavy atom. The minimum Gasteiger partial charge on any atom is -0.481 e. The number of carbonyl (C=O) groups excluding carboxylic acids is 1. The molecule has 1 aliphatic carbocycles. The van der Waals surface area contributed by atoms with E-state index in [9.17, 15) is 14.7 Å². The van der Waals surface area contributed by atoms with E-state index < -0.39 is 17.4 Å². The minimum atomic E-state index is -0.834. The molecule has 0 saturated heterocycles. The summed E-state index contributed by atoms with van der Waals surface area (Å²) in [4.78, 5) is 27.2. The van der Waals surface area contributed by atoms with E-state index in [0.717, 1.165) is 29.3 Å². The van der Waals surface area contributed by atoms with Gasteiger partial charge in [0.05, 0.1) is 11.5 Å². The first-order valence-corrected chi connectivity index (χ1v) is 8.04. The molecule has 1 aliphatic rings. The summed E-state index contributed by atoms with van der Waals surface area (Å²) in [7, 11) is 0. The van der Waals surface area contributed by atoms with Crippen LogP contribution < -0.4 is 5.32 Å². The fraction of sp³-hybridized carbons (Fsp3) is 0.444. The third-order valence-electron chi connectivity index (χ3n) is 4.93. The van der Waals surface area contributed by atoms with Crippen molar-refractivity contribution in [1.29, 1.82) is 0 Å².